The average molecular weight is 325 g/mol. The van der Waals surface area contributed by atoms with Crippen molar-refractivity contribution in [3.63, 3.8) is 0 Å². The van der Waals surface area contributed by atoms with Crippen LogP contribution in [0, 0.1) is 5.82 Å². The summed E-state index contributed by atoms with van der Waals surface area (Å²) in [4.78, 5) is 25.9. The number of carbonyl (C=O) groups is 2. The van der Waals surface area contributed by atoms with E-state index in [1.807, 2.05) is 7.85 Å². The average Bonchev–Trinajstić information content (AvgIpc) is 2.79. The van der Waals surface area contributed by atoms with Gasteiger partial charge in [-0.25, -0.2) is 4.39 Å². The van der Waals surface area contributed by atoms with E-state index >= 15 is 0 Å². The number of carbonyl (C=O) groups excluding carboxylic acids is 2. The Labute approximate surface area is 138 Å². The third-order valence-corrected chi connectivity index (χ3v) is 4.21. The minimum Gasteiger partial charge on any atom is -0.467 e. The Balaban J connectivity index is 1.77. The second-order valence-corrected chi connectivity index (χ2v) is 5.90. The second kappa shape index (κ2) is 5.45. The first kappa shape index (κ1) is 14.9. The van der Waals surface area contributed by atoms with E-state index in [-0.39, 0.29) is 19.9 Å². The summed E-state index contributed by atoms with van der Waals surface area (Å²) in [5.41, 5.74) is 2.98. The summed E-state index contributed by atoms with van der Waals surface area (Å²) in [5, 5.41) is 0. The van der Waals surface area contributed by atoms with E-state index in [0.29, 0.717) is 28.1 Å². The van der Waals surface area contributed by atoms with Gasteiger partial charge in [-0.2, -0.15) is 0 Å². The highest BCUT2D eigenvalue weighted by Gasteiger charge is 2.36. The lowest BCUT2D eigenvalue weighted by molar-refractivity contribution is -0.114. The zero-order valence-corrected chi connectivity index (χ0v) is 13.0. The molecule has 5 nitrogen and oxygen atoms in total. The molecule has 0 unspecified atom stereocenters. The number of fused-ring (bicyclic) bond motifs is 2. The Morgan fingerprint density at radius 2 is 2.04 bits per heavy atom. The Bertz CT molecular complexity index is 883. The van der Waals surface area contributed by atoms with Crippen molar-refractivity contribution in [3.8, 4) is 5.75 Å². The molecule has 0 bridgehead atoms. The third kappa shape index (κ3) is 2.28. The molecule has 2 aromatic rings. The van der Waals surface area contributed by atoms with Gasteiger partial charge in [0.1, 0.15) is 19.4 Å². The van der Waals surface area contributed by atoms with Crippen LogP contribution < -0.4 is 15.1 Å². The molecule has 120 valence electrons. The van der Waals surface area contributed by atoms with Gasteiger partial charge >= 0.3 is 0 Å². The van der Waals surface area contributed by atoms with Gasteiger partial charge in [0.15, 0.2) is 6.79 Å². The number of nitrogens with zero attached hydrogens (tertiary/aromatic N) is 1. The van der Waals surface area contributed by atoms with E-state index in [4.69, 9.17) is 9.47 Å². The standard InChI is InChI=1S/C17H13BFNO4/c18-11-1-2-13-14(5-11)20(17(22)15(13)21)6-9-3-12(19)4-10-7-23-8-24-16(9)10/h1-5H,6-8,18H2. The molecule has 0 aliphatic carbocycles. The predicted octanol–water partition coefficient (Wildman–Crippen LogP) is 0.680. The topological polar surface area (TPSA) is 55.8 Å². The fourth-order valence-electron chi connectivity index (χ4n) is 3.11. The summed E-state index contributed by atoms with van der Waals surface area (Å²) in [6.07, 6.45) is 0. The number of halogens is 1. The first-order chi connectivity index (χ1) is 11.5. The number of rotatable bonds is 2. The molecule has 0 saturated heterocycles. The summed E-state index contributed by atoms with van der Waals surface area (Å²) in [5.74, 6) is -1.07. The van der Waals surface area contributed by atoms with Crippen LogP contribution in [0.15, 0.2) is 30.3 Å². The van der Waals surface area contributed by atoms with Crippen LogP contribution in [0.1, 0.15) is 21.5 Å². The molecule has 0 N–H and O–H groups in total. The Kier molecular flexibility index (Phi) is 3.39. The third-order valence-electron chi connectivity index (χ3n) is 4.21. The summed E-state index contributed by atoms with van der Waals surface area (Å²) in [6, 6.07) is 7.91. The fraction of sp³-hybridized carbons (Fsp3) is 0.176. The quantitative estimate of drug-likeness (QED) is 0.602. The van der Waals surface area contributed by atoms with Gasteiger partial charge in [0.2, 0.25) is 0 Å². The first-order valence-electron chi connectivity index (χ1n) is 7.53. The van der Waals surface area contributed by atoms with Gasteiger partial charge < -0.3 is 14.4 Å². The number of hydrogen-bond acceptors (Lipinski definition) is 4. The molecule has 0 aromatic heterocycles. The highest BCUT2D eigenvalue weighted by molar-refractivity contribution is 6.52. The Hall–Kier alpha value is -2.67. The zero-order valence-electron chi connectivity index (χ0n) is 13.0. The molecular formula is C17H13BFNO4. The molecule has 0 atom stereocenters. The van der Waals surface area contributed by atoms with E-state index in [1.165, 1.54) is 17.0 Å². The van der Waals surface area contributed by atoms with Gasteiger partial charge in [-0.05, 0) is 24.3 Å². The number of ether oxygens (including phenoxy) is 2. The molecule has 2 aromatic carbocycles. The molecule has 4 rings (SSSR count). The molecule has 0 radical (unpaired) electrons. The van der Waals surface area contributed by atoms with E-state index in [1.54, 1.807) is 18.2 Å². The highest BCUT2D eigenvalue weighted by Crippen LogP contribution is 2.34. The van der Waals surface area contributed by atoms with Gasteiger partial charge in [-0.15, -0.1) is 0 Å². The molecule has 0 spiro atoms. The van der Waals surface area contributed by atoms with Crippen LogP contribution in [0.4, 0.5) is 10.1 Å². The van der Waals surface area contributed by atoms with Crippen LogP contribution >= 0.6 is 0 Å². The van der Waals surface area contributed by atoms with Crippen LogP contribution in [-0.4, -0.2) is 26.3 Å². The lowest BCUT2D eigenvalue weighted by Gasteiger charge is -2.23. The monoisotopic (exact) mass is 325 g/mol. The van der Waals surface area contributed by atoms with Crippen LogP contribution in [0.25, 0.3) is 0 Å². The van der Waals surface area contributed by atoms with Gasteiger partial charge in [0.05, 0.1) is 24.4 Å². The largest absolute Gasteiger partial charge is 0.467 e. The number of ketones is 1. The van der Waals surface area contributed by atoms with Gasteiger partial charge in [0.25, 0.3) is 11.7 Å². The van der Waals surface area contributed by atoms with Crippen molar-refractivity contribution in [1.29, 1.82) is 0 Å². The number of hydrogen-bond donors (Lipinski definition) is 0. The Morgan fingerprint density at radius 1 is 1.21 bits per heavy atom. The maximum atomic E-state index is 13.9. The van der Waals surface area contributed by atoms with Gasteiger partial charge in [0, 0.05) is 11.1 Å². The molecular weight excluding hydrogens is 312 g/mol. The van der Waals surface area contributed by atoms with Crippen LogP contribution in [0.2, 0.25) is 0 Å². The van der Waals surface area contributed by atoms with Crippen molar-refractivity contribution in [2.45, 2.75) is 13.2 Å². The van der Waals surface area contributed by atoms with Crippen molar-refractivity contribution in [2.75, 3.05) is 11.7 Å². The minimum absolute atomic E-state index is 0.0706. The first-order valence-corrected chi connectivity index (χ1v) is 7.53. The predicted molar refractivity (Wildman–Crippen MR) is 86.8 cm³/mol. The van der Waals surface area contributed by atoms with Crippen molar-refractivity contribution in [2.24, 2.45) is 0 Å². The molecule has 24 heavy (non-hydrogen) atoms. The number of Topliss-reactive ketones (excluding diaryl/α,β-unsaturated/α-hetero) is 1. The highest BCUT2D eigenvalue weighted by atomic mass is 19.1. The summed E-state index contributed by atoms with van der Waals surface area (Å²) < 4.78 is 24.5. The van der Waals surface area contributed by atoms with Gasteiger partial charge in [-0.3, -0.25) is 9.59 Å². The van der Waals surface area contributed by atoms with Crippen molar-refractivity contribution < 1.29 is 23.5 Å². The maximum Gasteiger partial charge on any atom is 0.299 e. The lowest BCUT2D eigenvalue weighted by Crippen LogP contribution is -2.30. The SMILES string of the molecule is Bc1ccc2c(c1)N(Cc1cc(F)cc3c1OCOC3)C(=O)C2=O. The summed E-state index contributed by atoms with van der Waals surface area (Å²) in [7, 11) is 1.89. The molecule has 2 aliphatic rings. The van der Waals surface area contributed by atoms with E-state index in [0.717, 1.165) is 5.46 Å². The summed E-state index contributed by atoms with van der Waals surface area (Å²) >= 11 is 0. The van der Waals surface area contributed by atoms with E-state index in [2.05, 4.69) is 0 Å². The zero-order chi connectivity index (χ0) is 16.8. The van der Waals surface area contributed by atoms with Crippen LogP contribution in [0.5, 0.6) is 5.75 Å². The molecule has 0 saturated carbocycles. The molecule has 2 heterocycles. The Morgan fingerprint density at radius 3 is 2.88 bits per heavy atom. The normalized spacial score (nSPS) is 16.0. The van der Waals surface area contributed by atoms with Crippen molar-refractivity contribution in [1.82, 2.24) is 0 Å². The molecule has 1 amide bonds. The lowest BCUT2D eigenvalue weighted by atomic mass is 9.94. The van der Waals surface area contributed by atoms with Crippen LogP contribution in [0.3, 0.4) is 0 Å². The van der Waals surface area contributed by atoms with Crippen LogP contribution in [-0.2, 0) is 22.7 Å². The van der Waals surface area contributed by atoms with E-state index < -0.39 is 17.5 Å². The van der Waals surface area contributed by atoms with Crippen molar-refractivity contribution >= 4 is 30.7 Å². The minimum atomic E-state index is -0.610. The van der Waals surface area contributed by atoms with Crippen molar-refractivity contribution in [3.05, 3.63) is 52.8 Å². The number of benzene rings is 2. The molecule has 2 aliphatic heterocycles. The van der Waals surface area contributed by atoms with E-state index in [9.17, 15) is 14.0 Å². The maximum absolute atomic E-state index is 13.9. The fourth-order valence-corrected chi connectivity index (χ4v) is 3.11. The smallest absolute Gasteiger partial charge is 0.299 e. The summed E-state index contributed by atoms with van der Waals surface area (Å²) in [6.45, 7) is 0.401. The second-order valence-electron chi connectivity index (χ2n) is 5.90. The number of anilines is 1. The molecule has 7 heteroatoms. The number of amides is 1. The van der Waals surface area contributed by atoms with Gasteiger partial charge in [-0.1, -0.05) is 11.5 Å². The molecule has 0 fully saturated rings.